The van der Waals surface area contributed by atoms with Crippen molar-refractivity contribution < 1.29 is 4.39 Å². The molecule has 0 aliphatic rings. The predicted octanol–water partition coefficient (Wildman–Crippen LogP) is 6.02. The summed E-state index contributed by atoms with van der Waals surface area (Å²) in [6, 6.07) is 14.7. The van der Waals surface area contributed by atoms with Crippen LogP contribution in [-0.2, 0) is 0 Å². The van der Waals surface area contributed by atoms with Crippen molar-refractivity contribution in [3.63, 3.8) is 0 Å². The lowest BCUT2D eigenvalue weighted by Gasteiger charge is -1.94. The molecule has 2 heterocycles. The molecule has 0 saturated heterocycles. The average Bonchev–Trinajstić information content (AvgIpc) is 3.14. The minimum atomic E-state index is -0.185. The summed E-state index contributed by atoms with van der Waals surface area (Å²) in [5, 5.41) is 4.10. The van der Waals surface area contributed by atoms with Gasteiger partial charge in [-0.3, -0.25) is 0 Å². The van der Waals surface area contributed by atoms with Crippen LogP contribution < -0.4 is 0 Å². The van der Waals surface area contributed by atoms with Crippen LogP contribution in [0, 0.1) is 5.82 Å². The second kappa shape index (κ2) is 7.48. The van der Waals surface area contributed by atoms with E-state index in [9.17, 15) is 4.39 Å². The summed E-state index contributed by atoms with van der Waals surface area (Å²) in [5.74, 6) is -0.185. The first-order valence-electron chi connectivity index (χ1n) is 5.66. The van der Waals surface area contributed by atoms with Crippen LogP contribution in [0.4, 0.5) is 4.39 Å². The fourth-order valence-electron chi connectivity index (χ4n) is 1.44. The van der Waals surface area contributed by atoms with E-state index in [4.69, 9.17) is 0 Å². The predicted molar refractivity (Wildman–Crippen MR) is 85.8 cm³/mol. The fraction of sp³-hybridized carbons (Fsp3) is 0.0667. The van der Waals surface area contributed by atoms with Crippen molar-refractivity contribution in [1.82, 2.24) is 0 Å². The Balaban J connectivity index is 0.000000163. The Morgan fingerprint density at radius 2 is 1.58 bits per heavy atom. The van der Waals surface area contributed by atoms with Gasteiger partial charge in [0.05, 0.1) is 4.21 Å². The quantitative estimate of drug-likeness (QED) is 0.521. The first-order chi connectivity index (χ1) is 9.29. The van der Waals surface area contributed by atoms with Gasteiger partial charge >= 0.3 is 0 Å². The van der Waals surface area contributed by atoms with E-state index in [0.717, 1.165) is 5.56 Å². The summed E-state index contributed by atoms with van der Waals surface area (Å²) in [5.41, 5.74) is 1.08. The molecule has 0 atom stereocenters. The lowest BCUT2D eigenvalue weighted by molar-refractivity contribution is 0.628. The molecule has 0 aliphatic heterocycles. The lowest BCUT2D eigenvalue weighted by atomic mass is 10.2. The van der Waals surface area contributed by atoms with Crippen LogP contribution in [0.25, 0.3) is 10.4 Å². The second-order valence-electron chi connectivity index (χ2n) is 3.62. The monoisotopic (exact) mass is 308 g/mol. The van der Waals surface area contributed by atoms with Crippen molar-refractivity contribution in [3.05, 3.63) is 65.1 Å². The van der Waals surface area contributed by atoms with Gasteiger partial charge < -0.3 is 0 Å². The summed E-state index contributed by atoms with van der Waals surface area (Å²) in [6.45, 7) is 0. The largest absolute Gasteiger partial charge is 0.207 e. The van der Waals surface area contributed by atoms with Gasteiger partial charge in [-0.1, -0.05) is 24.3 Å². The van der Waals surface area contributed by atoms with Gasteiger partial charge in [0.2, 0.25) is 0 Å². The summed E-state index contributed by atoms with van der Waals surface area (Å²) >= 11 is 5.24. The smallest absolute Gasteiger partial charge is 0.123 e. The van der Waals surface area contributed by atoms with Gasteiger partial charge in [-0.15, -0.1) is 34.4 Å². The SMILES string of the molecule is CSc1cccs1.Fc1ccc(-c2cccs2)cc1. The maximum absolute atomic E-state index is 12.5. The van der Waals surface area contributed by atoms with Crippen molar-refractivity contribution >= 4 is 34.4 Å². The molecule has 0 unspecified atom stereocenters. The van der Waals surface area contributed by atoms with E-state index in [1.54, 1.807) is 46.6 Å². The van der Waals surface area contributed by atoms with Crippen molar-refractivity contribution in [2.45, 2.75) is 4.21 Å². The zero-order valence-electron chi connectivity index (χ0n) is 10.4. The summed E-state index contributed by atoms with van der Waals surface area (Å²) in [4.78, 5) is 1.18. The number of halogens is 1. The van der Waals surface area contributed by atoms with Crippen molar-refractivity contribution in [2.75, 3.05) is 6.26 Å². The lowest BCUT2D eigenvalue weighted by Crippen LogP contribution is -1.73. The third kappa shape index (κ3) is 4.49. The number of hydrogen-bond donors (Lipinski definition) is 0. The number of thiophene rings is 2. The molecular weight excluding hydrogens is 295 g/mol. The molecule has 19 heavy (non-hydrogen) atoms. The van der Waals surface area contributed by atoms with E-state index in [1.165, 1.54) is 21.2 Å². The topological polar surface area (TPSA) is 0 Å². The number of benzene rings is 1. The summed E-state index contributed by atoms with van der Waals surface area (Å²) in [6.07, 6.45) is 2.09. The van der Waals surface area contributed by atoms with Crippen LogP contribution in [0.15, 0.2) is 63.5 Å². The number of rotatable bonds is 2. The van der Waals surface area contributed by atoms with Crippen molar-refractivity contribution in [2.24, 2.45) is 0 Å². The van der Waals surface area contributed by atoms with Crippen LogP contribution in [0.2, 0.25) is 0 Å². The molecule has 0 saturated carbocycles. The molecule has 2 aromatic heterocycles. The van der Waals surface area contributed by atoms with Gasteiger partial charge in [0.25, 0.3) is 0 Å². The van der Waals surface area contributed by atoms with E-state index >= 15 is 0 Å². The highest BCUT2D eigenvalue weighted by Crippen LogP contribution is 2.24. The molecule has 0 N–H and O–H groups in total. The van der Waals surface area contributed by atoms with Crippen LogP contribution in [-0.4, -0.2) is 6.26 Å². The molecule has 0 bridgehead atoms. The average molecular weight is 308 g/mol. The maximum atomic E-state index is 12.5. The first kappa shape index (κ1) is 14.3. The molecule has 3 rings (SSSR count). The highest BCUT2D eigenvalue weighted by atomic mass is 32.2. The molecule has 0 aliphatic carbocycles. The third-order valence-electron chi connectivity index (χ3n) is 2.35. The van der Waals surface area contributed by atoms with Crippen LogP contribution in [0.1, 0.15) is 0 Å². The molecule has 0 spiro atoms. The number of hydrogen-bond acceptors (Lipinski definition) is 3. The van der Waals surface area contributed by atoms with E-state index in [1.807, 2.05) is 17.5 Å². The Morgan fingerprint density at radius 1 is 0.895 bits per heavy atom. The van der Waals surface area contributed by atoms with Gasteiger partial charge in [0, 0.05) is 4.88 Å². The van der Waals surface area contributed by atoms with E-state index in [2.05, 4.69) is 23.8 Å². The molecule has 0 amide bonds. The third-order valence-corrected chi connectivity index (χ3v) is 5.25. The summed E-state index contributed by atoms with van der Waals surface area (Å²) in [7, 11) is 0. The Hall–Kier alpha value is -1.10. The van der Waals surface area contributed by atoms with Crippen LogP contribution >= 0.6 is 34.4 Å². The van der Waals surface area contributed by atoms with Crippen molar-refractivity contribution in [3.8, 4) is 10.4 Å². The molecule has 0 fully saturated rings. The minimum absolute atomic E-state index is 0.185. The zero-order chi connectivity index (χ0) is 13.5. The van der Waals surface area contributed by atoms with Crippen LogP contribution in [0.3, 0.4) is 0 Å². The van der Waals surface area contributed by atoms with Gasteiger partial charge in [-0.2, -0.15) is 0 Å². The highest BCUT2D eigenvalue weighted by molar-refractivity contribution is 8.00. The summed E-state index contributed by atoms with van der Waals surface area (Å²) < 4.78 is 13.9. The molecule has 0 nitrogen and oxygen atoms in total. The molecular formula is C15H13FS3. The normalized spacial score (nSPS) is 9.79. The van der Waals surface area contributed by atoms with Gasteiger partial charge in [0.1, 0.15) is 5.82 Å². The Morgan fingerprint density at radius 3 is 2.05 bits per heavy atom. The van der Waals surface area contributed by atoms with Crippen LogP contribution in [0.5, 0.6) is 0 Å². The molecule has 98 valence electrons. The highest BCUT2D eigenvalue weighted by Gasteiger charge is 1.97. The van der Waals surface area contributed by atoms with E-state index in [-0.39, 0.29) is 5.82 Å². The van der Waals surface area contributed by atoms with E-state index in [0.29, 0.717) is 0 Å². The second-order valence-corrected chi connectivity index (χ2v) is 6.62. The molecule has 4 heteroatoms. The van der Waals surface area contributed by atoms with Gasteiger partial charge in [-0.25, -0.2) is 4.39 Å². The molecule has 3 aromatic rings. The maximum Gasteiger partial charge on any atom is 0.123 e. The first-order valence-corrected chi connectivity index (χ1v) is 8.65. The Labute approximate surface area is 124 Å². The Kier molecular flexibility index (Phi) is 5.63. The van der Waals surface area contributed by atoms with Gasteiger partial charge in [-0.05, 0) is 46.8 Å². The zero-order valence-corrected chi connectivity index (χ0v) is 12.8. The van der Waals surface area contributed by atoms with E-state index < -0.39 is 0 Å². The molecule has 0 radical (unpaired) electrons. The Bertz CT molecular complexity index is 568. The van der Waals surface area contributed by atoms with Crippen molar-refractivity contribution in [1.29, 1.82) is 0 Å². The number of thioether (sulfide) groups is 1. The minimum Gasteiger partial charge on any atom is -0.207 e. The standard InChI is InChI=1S/C10H7FS.C5H6S2/c11-9-5-3-8(4-6-9)10-2-1-7-12-10;1-6-5-3-2-4-7-5/h1-7H;2-4H,1H3. The van der Waals surface area contributed by atoms with Gasteiger partial charge in [0.15, 0.2) is 0 Å². The fourth-order valence-corrected chi connectivity index (χ4v) is 3.38. The molecule has 1 aromatic carbocycles.